The Morgan fingerprint density at radius 1 is 1.14 bits per heavy atom. The lowest BCUT2D eigenvalue weighted by Crippen LogP contribution is -2.46. The molecule has 0 radical (unpaired) electrons. The van der Waals surface area contributed by atoms with Crippen molar-refractivity contribution in [1.29, 1.82) is 0 Å². The number of carbonyl (C=O) groups is 2. The van der Waals surface area contributed by atoms with Gasteiger partial charge in [0.1, 0.15) is 5.82 Å². The second-order valence-corrected chi connectivity index (χ2v) is 8.57. The number of rotatable bonds is 6. The van der Waals surface area contributed by atoms with E-state index in [1.807, 2.05) is 0 Å². The lowest BCUT2D eigenvalue weighted by Gasteiger charge is -2.23. The first-order valence-corrected chi connectivity index (χ1v) is 11.5. The highest BCUT2D eigenvalue weighted by molar-refractivity contribution is 5.97. The second kappa shape index (κ2) is 10.9. The van der Waals surface area contributed by atoms with Gasteiger partial charge in [-0.25, -0.2) is 14.4 Å². The van der Waals surface area contributed by atoms with Gasteiger partial charge in [-0.15, -0.1) is 0 Å². The van der Waals surface area contributed by atoms with E-state index in [4.69, 9.17) is 5.73 Å². The average Bonchev–Trinajstić information content (AvgIpc) is 2.88. The molecule has 1 fully saturated rings. The lowest BCUT2D eigenvalue weighted by atomic mass is 10.1. The molecule has 2 heterocycles. The molecular weight excluding hydrogens is 492 g/mol. The highest BCUT2D eigenvalue weighted by Crippen LogP contribution is 2.30. The Morgan fingerprint density at radius 2 is 1.95 bits per heavy atom. The van der Waals surface area contributed by atoms with Crippen molar-refractivity contribution >= 4 is 17.6 Å². The first-order chi connectivity index (χ1) is 17.6. The first kappa shape index (κ1) is 26.0. The molecular formula is C25H24F4N6O2. The Morgan fingerprint density at radius 3 is 2.68 bits per heavy atom. The zero-order valence-electron chi connectivity index (χ0n) is 19.5. The van der Waals surface area contributed by atoms with Crippen molar-refractivity contribution in [2.75, 3.05) is 18.8 Å². The fourth-order valence-corrected chi connectivity index (χ4v) is 3.92. The zero-order chi connectivity index (χ0) is 26.6. The molecule has 2 aromatic carbocycles. The van der Waals surface area contributed by atoms with E-state index in [1.165, 1.54) is 18.3 Å². The van der Waals surface area contributed by atoms with Gasteiger partial charge in [0, 0.05) is 35.8 Å². The summed E-state index contributed by atoms with van der Waals surface area (Å²) in [5.41, 5.74) is 5.43. The zero-order valence-corrected chi connectivity index (χ0v) is 19.5. The van der Waals surface area contributed by atoms with Gasteiger partial charge in [0.2, 0.25) is 0 Å². The van der Waals surface area contributed by atoms with E-state index in [-0.39, 0.29) is 28.7 Å². The smallest absolute Gasteiger partial charge is 0.382 e. The molecule has 1 saturated heterocycles. The van der Waals surface area contributed by atoms with E-state index in [0.29, 0.717) is 36.0 Å². The number of alkyl halides is 3. The minimum Gasteiger partial charge on any atom is -0.382 e. The maximum atomic E-state index is 14.0. The Labute approximate surface area is 209 Å². The van der Waals surface area contributed by atoms with Crippen molar-refractivity contribution in [3.8, 4) is 11.3 Å². The molecule has 2 amide bonds. The van der Waals surface area contributed by atoms with Crippen LogP contribution in [0.3, 0.4) is 0 Å². The van der Waals surface area contributed by atoms with Crippen molar-refractivity contribution in [3.05, 3.63) is 76.9 Å². The summed E-state index contributed by atoms with van der Waals surface area (Å²) in [5, 5.41) is 8.51. The number of nitrogens with zero attached hydrogens (tertiary/aromatic N) is 2. The number of hydrogen-bond donors (Lipinski definition) is 4. The van der Waals surface area contributed by atoms with Crippen LogP contribution in [0, 0.1) is 5.82 Å². The molecule has 1 aromatic heterocycles. The first-order valence-electron chi connectivity index (χ1n) is 11.5. The molecule has 12 heteroatoms. The molecule has 37 heavy (non-hydrogen) atoms. The molecule has 1 aliphatic heterocycles. The van der Waals surface area contributed by atoms with Crippen molar-refractivity contribution in [2.24, 2.45) is 0 Å². The predicted octanol–water partition coefficient (Wildman–Crippen LogP) is 3.30. The Bertz CT molecular complexity index is 1310. The topological polar surface area (TPSA) is 122 Å². The molecule has 5 N–H and O–H groups in total. The van der Waals surface area contributed by atoms with Gasteiger partial charge in [-0.1, -0.05) is 12.1 Å². The van der Waals surface area contributed by atoms with E-state index in [1.54, 1.807) is 12.1 Å². The van der Waals surface area contributed by atoms with Gasteiger partial charge in [-0.05, 0) is 49.7 Å². The largest absolute Gasteiger partial charge is 0.416 e. The van der Waals surface area contributed by atoms with E-state index in [9.17, 15) is 27.2 Å². The predicted molar refractivity (Wildman–Crippen MR) is 128 cm³/mol. The molecule has 0 saturated carbocycles. The third-order valence-corrected chi connectivity index (χ3v) is 5.88. The van der Waals surface area contributed by atoms with Crippen LogP contribution in [0.4, 0.5) is 23.4 Å². The summed E-state index contributed by atoms with van der Waals surface area (Å²) >= 11 is 0. The molecule has 1 aliphatic rings. The van der Waals surface area contributed by atoms with Crippen molar-refractivity contribution < 1.29 is 27.2 Å². The molecule has 194 valence electrons. The normalized spacial score (nSPS) is 15.7. The fraction of sp³-hybridized carbons (Fsp3) is 0.280. The Kier molecular flexibility index (Phi) is 7.67. The summed E-state index contributed by atoms with van der Waals surface area (Å²) in [5.74, 6) is -2.00. The summed E-state index contributed by atoms with van der Waals surface area (Å²) in [6, 6.07) is 8.13. The number of nitrogens with two attached hydrogens (primary N) is 1. The molecule has 0 aliphatic carbocycles. The van der Waals surface area contributed by atoms with Gasteiger partial charge in [0.15, 0.2) is 11.5 Å². The summed E-state index contributed by atoms with van der Waals surface area (Å²) in [4.78, 5) is 33.8. The van der Waals surface area contributed by atoms with Crippen molar-refractivity contribution in [1.82, 2.24) is 25.9 Å². The quantitative estimate of drug-likeness (QED) is 0.373. The standard InChI is InChI=1S/C25H24F4N6O2/c26-19-7-6-17(25(27,28)29)10-16(19)11-33-23(36)15-4-1-3-14(9-15)20-13-32-22(30)21(35-20)24(37)34-18-5-2-8-31-12-18/h1,3-4,6-7,9-10,13,18,31H,2,5,8,11-12H2,(H2,30,32)(H,33,36)(H,34,37). The third kappa shape index (κ3) is 6.39. The van der Waals surface area contributed by atoms with Crippen LogP contribution in [0.15, 0.2) is 48.7 Å². The van der Waals surface area contributed by atoms with Crippen LogP contribution < -0.4 is 21.7 Å². The van der Waals surface area contributed by atoms with Gasteiger partial charge in [0.25, 0.3) is 11.8 Å². The van der Waals surface area contributed by atoms with Gasteiger partial charge in [0.05, 0.1) is 17.5 Å². The average molecular weight is 516 g/mol. The summed E-state index contributed by atoms with van der Waals surface area (Å²) in [6.45, 7) is 1.09. The number of anilines is 1. The van der Waals surface area contributed by atoms with Gasteiger partial charge >= 0.3 is 6.18 Å². The maximum absolute atomic E-state index is 14.0. The number of carbonyl (C=O) groups excluding carboxylic acids is 2. The highest BCUT2D eigenvalue weighted by atomic mass is 19.4. The summed E-state index contributed by atoms with van der Waals surface area (Å²) in [7, 11) is 0. The highest BCUT2D eigenvalue weighted by Gasteiger charge is 2.31. The number of aromatic nitrogens is 2. The monoisotopic (exact) mass is 516 g/mol. The van der Waals surface area contributed by atoms with Crippen LogP contribution in [-0.4, -0.2) is 40.9 Å². The van der Waals surface area contributed by atoms with E-state index < -0.39 is 35.9 Å². The molecule has 8 nitrogen and oxygen atoms in total. The number of hydrogen-bond acceptors (Lipinski definition) is 6. The molecule has 4 rings (SSSR count). The number of amides is 2. The van der Waals surface area contributed by atoms with Gasteiger partial charge in [-0.2, -0.15) is 13.2 Å². The second-order valence-electron chi connectivity index (χ2n) is 8.57. The van der Waals surface area contributed by atoms with Crippen LogP contribution in [0.1, 0.15) is 44.8 Å². The van der Waals surface area contributed by atoms with E-state index in [0.717, 1.165) is 19.4 Å². The number of nitrogen functional groups attached to an aromatic ring is 1. The Hall–Kier alpha value is -4.06. The molecule has 0 spiro atoms. The van der Waals surface area contributed by atoms with Crippen LogP contribution in [0.2, 0.25) is 0 Å². The summed E-state index contributed by atoms with van der Waals surface area (Å²) < 4.78 is 52.8. The minimum atomic E-state index is -4.63. The maximum Gasteiger partial charge on any atom is 0.416 e. The molecule has 1 atom stereocenters. The molecule has 1 unspecified atom stereocenters. The fourth-order valence-electron chi connectivity index (χ4n) is 3.92. The molecule has 3 aromatic rings. The van der Waals surface area contributed by atoms with Crippen molar-refractivity contribution in [2.45, 2.75) is 31.6 Å². The van der Waals surface area contributed by atoms with Crippen LogP contribution >= 0.6 is 0 Å². The Balaban J connectivity index is 1.49. The van der Waals surface area contributed by atoms with Crippen LogP contribution in [0.25, 0.3) is 11.3 Å². The van der Waals surface area contributed by atoms with E-state index in [2.05, 4.69) is 25.9 Å². The van der Waals surface area contributed by atoms with Gasteiger partial charge in [-0.3, -0.25) is 9.59 Å². The van der Waals surface area contributed by atoms with Crippen molar-refractivity contribution in [3.63, 3.8) is 0 Å². The number of benzene rings is 2. The van der Waals surface area contributed by atoms with E-state index >= 15 is 0 Å². The SMILES string of the molecule is Nc1ncc(-c2cccc(C(=O)NCc3cc(C(F)(F)F)ccc3F)c2)nc1C(=O)NC1CCCNC1. The molecule has 0 bridgehead atoms. The minimum absolute atomic E-state index is 0.0398. The number of piperidine rings is 1. The van der Waals surface area contributed by atoms with Gasteiger partial charge < -0.3 is 21.7 Å². The summed E-state index contributed by atoms with van der Waals surface area (Å²) in [6.07, 6.45) is -1.51. The number of halogens is 4. The van der Waals surface area contributed by atoms with Crippen LogP contribution in [0.5, 0.6) is 0 Å². The van der Waals surface area contributed by atoms with Crippen LogP contribution in [-0.2, 0) is 12.7 Å². The third-order valence-electron chi connectivity index (χ3n) is 5.88. The number of nitrogens with one attached hydrogen (secondary N) is 3. The lowest BCUT2D eigenvalue weighted by molar-refractivity contribution is -0.137.